The van der Waals surface area contributed by atoms with Crippen LogP contribution in [0.5, 0.6) is 5.75 Å². The monoisotopic (exact) mass is 416 g/mol. The normalized spacial score (nSPS) is 11.5. The van der Waals surface area contributed by atoms with Crippen molar-refractivity contribution in [1.82, 2.24) is 9.97 Å². The van der Waals surface area contributed by atoms with Gasteiger partial charge in [0, 0.05) is 22.8 Å². The van der Waals surface area contributed by atoms with Crippen LogP contribution in [0.15, 0.2) is 84.5 Å². The number of hydrogen-bond acceptors (Lipinski definition) is 6. The average Bonchev–Trinajstić information content (AvgIpc) is 3.24. The second kappa shape index (κ2) is 9.19. The summed E-state index contributed by atoms with van der Waals surface area (Å²) in [5.74, 6) is 0.456. The minimum Gasteiger partial charge on any atom is -0.481 e. The lowest BCUT2D eigenvalue weighted by Gasteiger charge is -2.14. The van der Waals surface area contributed by atoms with Crippen molar-refractivity contribution >= 4 is 33.8 Å². The molecule has 0 saturated carbocycles. The molecule has 1 amide bonds. The first-order valence-corrected chi connectivity index (χ1v) is 10.3. The number of nitrogens with zero attached hydrogens (tertiary/aromatic N) is 2. The molecule has 0 fully saturated rings. The van der Waals surface area contributed by atoms with Crippen LogP contribution in [0, 0.1) is 0 Å². The van der Waals surface area contributed by atoms with Gasteiger partial charge in [0.05, 0.1) is 17.6 Å². The quantitative estimate of drug-likeness (QED) is 0.424. The first-order valence-electron chi connectivity index (χ1n) is 9.43. The van der Waals surface area contributed by atoms with Gasteiger partial charge in [-0.1, -0.05) is 30.3 Å². The Morgan fingerprint density at radius 2 is 1.80 bits per heavy atom. The molecule has 0 aliphatic rings. The number of rotatable bonds is 7. The molecule has 1 unspecified atom stereocenters. The van der Waals surface area contributed by atoms with Crippen LogP contribution >= 0.6 is 11.3 Å². The standard InChI is InChI=1S/C23H20N4O2S/c1-16(29-20-7-3-2-4-8-20)22(28)25-18-11-9-17(10-12-18)21-15-30-23(27-21)26-19-6-5-13-24-14-19/h2-16H,1H3,(H,25,28)(H,26,27). The van der Waals surface area contributed by atoms with Crippen molar-refractivity contribution < 1.29 is 9.53 Å². The molecule has 0 saturated heterocycles. The van der Waals surface area contributed by atoms with Gasteiger partial charge >= 0.3 is 0 Å². The van der Waals surface area contributed by atoms with E-state index in [1.807, 2.05) is 72.1 Å². The Labute approximate surface area is 178 Å². The van der Waals surface area contributed by atoms with Gasteiger partial charge in [0.2, 0.25) is 0 Å². The van der Waals surface area contributed by atoms with E-state index in [-0.39, 0.29) is 5.91 Å². The summed E-state index contributed by atoms with van der Waals surface area (Å²) in [5.41, 5.74) is 3.43. The Bertz CT molecular complexity index is 1100. The number of para-hydroxylation sites is 1. The lowest BCUT2D eigenvalue weighted by atomic mass is 10.1. The number of carbonyl (C=O) groups excluding carboxylic acids is 1. The summed E-state index contributed by atoms with van der Waals surface area (Å²) in [4.78, 5) is 21.1. The van der Waals surface area contributed by atoms with Crippen LogP contribution in [-0.4, -0.2) is 22.0 Å². The van der Waals surface area contributed by atoms with Crippen LogP contribution in [0.25, 0.3) is 11.3 Å². The van der Waals surface area contributed by atoms with Crippen molar-refractivity contribution in [3.8, 4) is 17.0 Å². The minimum atomic E-state index is -0.605. The van der Waals surface area contributed by atoms with Gasteiger partial charge in [0.15, 0.2) is 11.2 Å². The maximum Gasteiger partial charge on any atom is 0.265 e. The van der Waals surface area contributed by atoms with Crippen molar-refractivity contribution in [2.45, 2.75) is 13.0 Å². The minimum absolute atomic E-state index is 0.205. The highest BCUT2D eigenvalue weighted by molar-refractivity contribution is 7.14. The number of pyridine rings is 1. The van der Waals surface area contributed by atoms with Crippen LogP contribution in [0.3, 0.4) is 0 Å². The van der Waals surface area contributed by atoms with Gasteiger partial charge < -0.3 is 15.4 Å². The largest absolute Gasteiger partial charge is 0.481 e. The number of hydrogen-bond donors (Lipinski definition) is 2. The first-order chi connectivity index (χ1) is 14.7. The summed E-state index contributed by atoms with van der Waals surface area (Å²) in [5, 5.41) is 8.90. The van der Waals surface area contributed by atoms with E-state index in [1.54, 1.807) is 19.3 Å². The second-order valence-corrected chi connectivity index (χ2v) is 7.40. The van der Waals surface area contributed by atoms with E-state index in [1.165, 1.54) is 11.3 Å². The van der Waals surface area contributed by atoms with Gasteiger partial charge in [-0.2, -0.15) is 0 Å². The van der Waals surface area contributed by atoms with Crippen LogP contribution in [0.4, 0.5) is 16.5 Å². The Kier molecular flexibility index (Phi) is 6.01. The van der Waals surface area contributed by atoms with Crippen molar-refractivity contribution in [2.75, 3.05) is 10.6 Å². The Morgan fingerprint density at radius 1 is 1.00 bits per heavy atom. The summed E-state index contributed by atoms with van der Waals surface area (Å²) in [6.07, 6.45) is 2.88. The van der Waals surface area contributed by atoms with Crippen molar-refractivity contribution in [3.05, 3.63) is 84.5 Å². The molecule has 0 aliphatic carbocycles. The van der Waals surface area contributed by atoms with E-state index in [0.717, 1.165) is 22.1 Å². The molecule has 0 spiro atoms. The Morgan fingerprint density at radius 3 is 2.53 bits per heavy atom. The van der Waals surface area contributed by atoms with Crippen LogP contribution in [0.2, 0.25) is 0 Å². The molecule has 2 aromatic carbocycles. The number of amides is 1. The molecule has 0 aliphatic heterocycles. The molecule has 0 radical (unpaired) electrons. The zero-order valence-corrected chi connectivity index (χ0v) is 17.1. The van der Waals surface area contributed by atoms with Gasteiger partial charge in [-0.15, -0.1) is 11.3 Å². The fraction of sp³-hybridized carbons (Fsp3) is 0.0870. The summed E-state index contributed by atoms with van der Waals surface area (Å²) >= 11 is 1.52. The van der Waals surface area contributed by atoms with E-state index >= 15 is 0 Å². The van der Waals surface area contributed by atoms with Crippen LogP contribution in [-0.2, 0) is 4.79 Å². The number of carbonyl (C=O) groups is 1. The molecule has 4 rings (SSSR count). The molecule has 2 N–H and O–H groups in total. The van der Waals surface area contributed by atoms with Crippen LogP contribution in [0.1, 0.15) is 6.92 Å². The third-order valence-corrected chi connectivity index (χ3v) is 5.05. The van der Waals surface area contributed by atoms with Gasteiger partial charge in [0.25, 0.3) is 5.91 Å². The topological polar surface area (TPSA) is 76.1 Å². The molecular weight excluding hydrogens is 396 g/mol. The number of anilines is 3. The van der Waals surface area contributed by atoms with E-state index in [2.05, 4.69) is 20.6 Å². The van der Waals surface area contributed by atoms with Gasteiger partial charge in [-0.05, 0) is 43.3 Å². The molecule has 30 heavy (non-hydrogen) atoms. The number of thiazole rings is 1. The van der Waals surface area contributed by atoms with Gasteiger partial charge in [0.1, 0.15) is 5.75 Å². The fourth-order valence-electron chi connectivity index (χ4n) is 2.75. The highest BCUT2D eigenvalue weighted by atomic mass is 32.1. The highest BCUT2D eigenvalue weighted by Crippen LogP contribution is 2.27. The zero-order valence-electron chi connectivity index (χ0n) is 16.3. The van der Waals surface area contributed by atoms with E-state index in [0.29, 0.717) is 11.4 Å². The van der Waals surface area contributed by atoms with E-state index in [9.17, 15) is 4.79 Å². The predicted octanol–water partition coefficient (Wildman–Crippen LogP) is 5.35. The number of benzene rings is 2. The SMILES string of the molecule is CC(Oc1ccccc1)C(=O)Nc1ccc(-c2csc(Nc3cccnc3)n2)cc1. The molecule has 2 aromatic heterocycles. The van der Waals surface area contributed by atoms with Crippen molar-refractivity contribution in [2.24, 2.45) is 0 Å². The van der Waals surface area contributed by atoms with Crippen molar-refractivity contribution in [1.29, 1.82) is 0 Å². The smallest absolute Gasteiger partial charge is 0.265 e. The van der Waals surface area contributed by atoms with Crippen molar-refractivity contribution in [3.63, 3.8) is 0 Å². The maximum absolute atomic E-state index is 12.4. The third kappa shape index (κ3) is 5.01. The highest BCUT2D eigenvalue weighted by Gasteiger charge is 2.15. The lowest BCUT2D eigenvalue weighted by Crippen LogP contribution is -2.30. The molecule has 1 atom stereocenters. The van der Waals surface area contributed by atoms with Gasteiger partial charge in [-0.3, -0.25) is 9.78 Å². The molecule has 0 bridgehead atoms. The zero-order chi connectivity index (χ0) is 20.8. The number of nitrogens with one attached hydrogen (secondary N) is 2. The maximum atomic E-state index is 12.4. The van der Waals surface area contributed by atoms with E-state index < -0.39 is 6.10 Å². The summed E-state index contributed by atoms with van der Waals surface area (Å²) < 4.78 is 5.66. The predicted molar refractivity (Wildman–Crippen MR) is 120 cm³/mol. The third-order valence-electron chi connectivity index (χ3n) is 4.29. The Hall–Kier alpha value is -3.71. The first kappa shape index (κ1) is 19.6. The number of ether oxygens (including phenoxy) is 1. The lowest BCUT2D eigenvalue weighted by molar-refractivity contribution is -0.122. The molecule has 7 heteroatoms. The average molecular weight is 417 g/mol. The molecular formula is C23H20N4O2S. The summed E-state index contributed by atoms with van der Waals surface area (Å²) in [6, 6.07) is 20.7. The van der Waals surface area contributed by atoms with Gasteiger partial charge in [-0.25, -0.2) is 4.98 Å². The summed E-state index contributed by atoms with van der Waals surface area (Å²) in [7, 11) is 0. The van der Waals surface area contributed by atoms with Crippen LogP contribution < -0.4 is 15.4 Å². The Balaban J connectivity index is 1.36. The molecule has 150 valence electrons. The second-order valence-electron chi connectivity index (χ2n) is 6.54. The molecule has 4 aromatic rings. The summed E-state index contributed by atoms with van der Waals surface area (Å²) in [6.45, 7) is 1.72. The molecule has 2 heterocycles. The number of aromatic nitrogens is 2. The fourth-order valence-corrected chi connectivity index (χ4v) is 3.49. The molecule has 6 nitrogen and oxygen atoms in total. The van der Waals surface area contributed by atoms with E-state index in [4.69, 9.17) is 4.74 Å².